The molecule has 2 saturated carbocycles. The molecule has 7 heteroatoms. The summed E-state index contributed by atoms with van der Waals surface area (Å²) >= 11 is 0. The van der Waals surface area contributed by atoms with E-state index in [1.165, 1.54) is 31.2 Å². The van der Waals surface area contributed by atoms with Crippen LogP contribution in [0.1, 0.15) is 75.6 Å². The fraction of sp³-hybridized carbons (Fsp3) is 0.500. The molecular weight excluding hydrogens is 484 g/mol. The normalized spacial score (nSPS) is 24.5. The zero-order valence-corrected chi connectivity index (χ0v) is 21.4. The maximum absolute atomic E-state index is 14.8. The van der Waals surface area contributed by atoms with Crippen molar-refractivity contribution in [2.75, 3.05) is 6.61 Å². The second-order valence-corrected chi connectivity index (χ2v) is 10.2. The molecule has 0 N–H and O–H groups in total. The molecule has 0 aliphatic heterocycles. The van der Waals surface area contributed by atoms with Gasteiger partial charge in [-0.3, -0.25) is 0 Å². The summed E-state index contributed by atoms with van der Waals surface area (Å²) in [6, 6.07) is 6.26. The molecule has 0 aromatic heterocycles. The number of allylic oxidation sites excluding steroid dienone is 2. The predicted molar refractivity (Wildman–Crippen MR) is 134 cm³/mol. The molecule has 37 heavy (non-hydrogen) atoms. The van der Waals surface area contributed by atoms with Gasteiger partial charge in [-0.25, -0.2) is 18.0 Å². The highest BCUT2D eigenvalue weighted by molar-refractivity contribution is 5.90. The van der Waals surface area contributed by atoms with E-state index in [1.807, 2.05) is 0 Å². The van der Waals surface area contributed by atoms with Crippen molar-refractivity contribution in [1.82, 2.24) is 0 Å². The Morgan fingerprint density at radius 2 is 1.57 bits per heavy atom. The third-order valence-corrected chi connectivity index (χ3v) is 7.79. The number of halogens is 4. The summed E-state index contributed by atoms with van der Waals surface area (Å²) in [4.78, 5) is 12.7. The first-order chi connectivity index (χ1) is 17.8. The highest BCUT2D eigenvalue weighted by atomic mass is 19.2. The van der Waals surface area contributed by atoms with Crippen LogP contribution in [0.2, 0.25) is 0 Å². The van der Waals surface area contributed by atoms with Crippen molar-refractivity contribution in [2.24, 2.45) is 17.8 Å². The van der Waals surface area contributed by atoms with Crippen LogP contribution in [0.5, 0.6) is 5.75 Å². The SMILES string of the molecule is CCOc1ccc(-c2ccc(C(=O)OC3CCC(C4CCC(/C=C(/C)F)CC4)CC3)c(F)c2)c(F)c1F. The largest absolute Gasteiger partial charge is 0.491 e. The van der Waals surface area contributed by atoms with E-state index in [0.29, 0.717) is 17.8 Å². The lowest BCUT2D eigenvalue weighted by atomic mass is 9.70. The molecule has 0 saturated heterocycles. The van der Waals surface area contributed by atoms with E-state index >= 15 is 0 Å². The Kier molecular flexibility index (Phi) is 8.93. The van der Waals surface area contributed by atoms with Gasteiger partial charge in [0.05, 0.1) is 18.0 Å². The minimum atomic E-state index is -1.14. The van der Waals surface area contributed by atoms with Gasteiger partial charge in [0.2, 0.25) is 5.82 Å². The average molecular weight is 519 g/mol. The molecule has 0 spiro atoms. The third kappa shape index (κ3) is 6.55. The number of benzene rings is 2. The molecule has 0 bridgehead atoms. The van der Waals surface area contributed by atoms with E-state index in [9.17, 15) is 22.4 Å². The van der Waals surface area contributed by atoms with Crippen LogP contribution in [0.25, 0.3) is 11.1 Å². The first-order valence-corrected chi connectivity index (χ1v) is 13.2. The van der Waals surface area contributed by atoms with Gasteiger partial charge in [-0.2, -0.15) is 4.39 Å². The van der Waals surface area contributed by atoms with Crippen molar-refractivity contribution in [2.45, 2.75) is 71.3 Å². The highest BCUT2D eigenvalue weighted by Gasteiger charge is 2.32. The fourth-order valence-electron chi connectivity index (χ4n) is 5.87. The molecular formula is C30H34F4O3. The number of carbonyl (C=O) groups is 1. The zero-order valence-electron chi connectivity index (χ0n) is 21.4. The average Bonchev–Trinajstić information content (AvgIpc) is 2.87. The van der Waals surface area contributed by atoms with E-state index in [1.54, 1.807) is 13.0 Å². The Morgan fingerprint density at radius 3 is 2.16 bits per heavy atom. The lowest BCUT2D eigenvalue weighted by Gasteiger charge is -2.37. The van der Waals surface area contributed by atoms with E-state index < -0.39 is 23.4 Å². The fourth-order valence-corrected chi connectivity index (χ4v) is 5.87. The molecule has 0 unspecified atom stereocenters. The summed E-state index contributed by atoms with van der Waals surface area (Å²) in [6.45, 7) is 3.34. The molecule has 2 aliphatic carbocycles. The van der Waals surface area contributed by atoms with Crippen molar-refractivity contribution in [3.8, 4) is 16.9 Å². The Hall–Kier alpha value is -2.83. The first kappa shape index (κ1) is 27.2. The standard InChI is InChI=1S/C30H34F4O3/c1-3-36-27-15-14-24(28(33)29(27)34)22-10-13-25(26(32)17-22)30(35)37-23-11-8-21(9-12-23)20-6-4-19(5-7-20)16-18(2)31/h10,13-17,19-21,23H,3-9,11-12H2,1-2H3/b18-16-. The number of ether oxygens (including phenoxy) is 2. The van der Waals surface area contributed by atoms with E-state index in [0.717, 1.165) is 57.4 Å². The molecule has 2 fully saturated rings. The Labute approximate surface area is 215 Å². The zero-order chi connectivity index (χ0) is 26.5. The van der Waals surface area contributed by atoms with Gasteiger partial charge in [-0.05, 0) is 113 Å². The van der Waals surface area contributed by atoms with Crippen molar-refractivity contribution >= 4 is 5.97 Å². The van der Waals surface area contributed by atoms with Crippen LogP contribution >= 0.6 is 0 Å². The topological polar surface area (TPSA) is 35.5 Å². The van der Waals surface area contributed by atoms with Crippen LogP contribution in [0.4, 0.5) is 17.6 Å². The lowest BCUT2D eigenvalue weighted by Crippen LogP contribution is -2.29. The molecule has 2 aromatic carbocycles. The Morgan fingerprint density at radius 1 is 0.919 bits per heavy atom. The number of rotatable bonds is 7. The first-order valence-electron chi connectivity index (χ1n) is 13.2. The number of hydrogen-bond acceptors (Lipinski definition) is 3. The summed E-state index contributed by atoms with van der Waals surface area (Å²) in [5.74, 6) is -2.65. The summed E-state index contributed by atoms with van der Waals surface area (Å²) in [5.41, 5.74) is -0.240. The van der Waals surface area contributed by atoms with Gasteiger partial charge in [0.25, 0.3) is 0 Å². The maximum atomic E-state index is 14.8. The van der Waals surface area contributed by atoms with Gasteiger partial charge < -0.3 is 9.47 Å². The molecule has 4 rings (SSSR count). The minimum absolute atomic E-state index is 0.103. The van der Waals surface area contributed by atoms with Crippen LogP contribution < -0.4 is 4.74 Å². The molecule has 2 aliphatic rings. The molecule has 3 nitrogen and oxygen atoms in total. The monoisotopic (exact) mass is 518 g/mol. The van der Waals surface area contributed by atoms with Crippen molar-refractivity contribution in [3.05, 3.63) is 65.2 Å². The van der Waals surface area contributed by atoms with Gasteiger partial charge in [0.15, 0.2) is 11.6 Å². The number of carbonyl (C=O) groups excluding carboxylic acids is 1. The molecule has 0 amide bonds. The summed E-state index contributed by atoms with van der Waals surface area (Å²) < 4.78 is 67.4. The van der Waals surface area contributed by atoms with Gasteiger partial charge >= 0.3 is 5.97 Å². The second-order valence-electron chi connectivity index (χ2n) is 10.2. The van der Waals surface area contributed by atoms with Crippen LogP contribution in [-0.2, 0) is 4.74 Å². The molecule has 200 valence electrons. The van der Waals surface area contributed by atoms with Crippen molar-refractivity contribution in [3.63, 3.8) is 0 Å². The van der Waals surface area contributed by atoms with Gasteiger partial charge in [0.1, 0.15) is 11.9 Å². The second kappa shape index (κ2) is 12.1. The molecule has 0 atom stereocenters. The van der Waals surface area contributed by atoms with E-state index in [-0.39, 0.29) is 41.0 Å². The molecule has 2 aromatic rings. The summed E-state index contributed by atoms with van der Waals surface area (Å²) in [6.07, 6.45) is 9.07. The summed E-state index contributed by atoms with van der Waals surface area (Å²) in [7, 11) is 0. The lowest BCUT2D eigenvalue weighted by molar-refractivity contribution is 0.0109. The summed E-state index contributed by atoms with van der Waals surface area (Å²) in [5, 5.41) is 0. The molecule has 0 radical (unpaired) electrons. The van der Waals surface area contributed by atoms with Gasteiger partial charge in [0, 0.05) is 5.56 Å². The van der Waals surface area contributed by atoms with Crippen LogP contribution in [-0.4, -0.2) is 18.7 Å². The van der Waals surface area contributed by atoms with E-state index in [2.05, 4.69) is 0 Å². The Balaban J connectivity index is 1.32. The number of hydrogen-bond donors (Lipinski definition) is 0. The Bertz CT molecular complexity index is 1130. The third-order valence-electron chi connectivity index (χ3n) is 7.79. The van der Waals surface area contributed by atoms with Crippen LogP contribution in [0.15, 0.2) is 42.2 Å². The maximum Gasteiger partial charge on any atom is 0.341 e. The smallest absolute Gasteiger partial charge is 0.341 e. The van der Waals surface area contributed by atoms with Gasteiger partial charge in [-0.15, -0.1) is 0 Å². The number of esters is 1. The van der Waals surface area contributed by atoms with Crippen molar-refractivity contribution < 1.29 is 31.8 Å². The quantitative estimate of drug-likeness (QED) is 0.272. The van der Waals surface area contributed by atoms with Crippen molar-refractivity contribution in [1.29, 1.82) is 0 Å². The van der Waals surface area contributed by atoms with Crippen LogP contribution in [0, 0.1) is 35.2 Å². The van der Waals surface area contributed by atoms with Gasteiger partial charge in [-0.1, -0.05) is 12.1 Å². The molecule has 0 heterocycles. The van der Waals surface area contributed by atoms with Crippen LogP contribution in [0.3, 0.4) is 0 Å². The predicted octanol–water partition coefficient (Wildman–Crippen LogP) is 8.56. The van der Waals surface area contributed by atoms with E-state index in [4.69, 9.17) is 9.47 Å². The minimum Gasteiger partial charge on any atom is -0.491 e. The highest BCUT2D eigenvalue weighted by Crippen LogP contribution is 2.41.